The van der Waals surface area contributed by atoms with Crippen molar-refractivity contribution in [2.75, 3.05) is 0 Å². The van der Waals surface area contributed by atoms with Gasteiger partial charge in [-0.05, 0) is 47.2 Å². The molecule has 0 unspecified atom stereocenters. The quantitative estimate of drug-likeness (QED) is 0.233. The lowest BCUT2D eigenvalue weighted by Gasteiger charge is -2.16. The van der Waals surface area contributed by atoms with E-state index in [-0.39, 0.29) is 0 Å². The fourth-order valence-electron chi connectivity index (χ4n) is 5.20. The maximum atomic E-state index is 6.36. The van der Waals surface area contributed by atoms with Gasteiger partial charge in [0.05, 0.1) is 11.1 Å². The Morgan fingerprint density at radius 3 is 2.34 bits per heavy atom. The Labute approximate surface area is 226 Å². The first-order valence-corrected chi connectivity index (χ1v) is 13.6. The fraction of sp³-hybridized carbons (Fsp3) is 0.0571. The molecule has 0 atom stereocenters. The van der Waals surface area contributed by atoms with Crippen LogP contribution in [-0.2, 0) is 6.42 Å². The number of hydrogen-bond acceptors (Lipinski definition) is 3. The van der Waals surface area contributed by atoms with Crippen LogP contribution in [0.2, 0.25) is 0 Å². The van der Waals surface area contributed by atoms with Crippen molar-refractivity contribution in [1.29, 1.82) is 0 Å². The highest BCUT2D eigenvalue weighted by Crippen LogP contribution is 2.50. The molecular formula is C35H23NOS. The zero-order valence-electron chi connectivity index (χ0n) is 20.6. The number of aromatic nitrogens is 1. The molecule has 0 bridgehead atoms. The van der Waals surface area contributed by atoms with Crippen LogP contribution < -0.4 is 0 Å². The molecule has 4 aromatic carbocycles. The third-order valence-corrected chi connectivity index (χ3v) is 8.22. The Kier molecular flexibility index (Phi) is 5.73. The summed E-state index contributed by atoms with van der Waals surface area (Å²) in [5.74, 6) is 1.45. The largest absolute Gasteiger partial charge is 0.435 e. The number of allylic oxidation sites excluding steroid dienone is 1. The van der Waals surface area contributed by atoms with E-state index in [0.29, 0.717) is 5.89 Å². The first-order chi connectivity index (χ1) is 18.9. The minimum Gasteiger partial charge on any atom is -0.435 e. The van der Waals surface area contributed by atoms with E-state index in [2.05, 4.69) is 91.0 Å². The molecule has 180 valence electrons. The van der Waals surface area contributed by atoms with E-state index in [0.717, 1.165) is 40.2 Å². The second-order valence-corrected chi connectivity index (χ2v) is 10.3. The molecular weight excluding hydrogens is 482 g/mol. The summed E-state index contributed by atoms with van der Waals surface area (Å²) in [6, 6.07) is 39.9. The minimum atomic E-state index is 0.668. The van der Waals surface area contributed by atoms with Crippen LogP contribution in [0.5, 0.6) is 0 Å². The van der Waals surface area contributed by atoms with E-state index < -0.39 is 0 Å². The van der Waals surface area contributed by atoms with Gasteiger partial charge in [-0.3, -0.25) is 0 Å². The molecule has 0 aliphatic heterocycles. The SMILES string of the molecule is c1cccc(-c2cccc(-c3ccccc3)c2-c2sc(-c3ncc(-c4ccccc4)o3)c3c2CCC=C3)c#1. The minimum absolute atomic E-state index is 0.668. The fourth-order valence-corrected chi connectivity index (χ4v) is 6.54. The van der Waals surface area contributed by atoms with Crippen LogP contribution in [0.25, 0.3) is 60.9 Å². The highest BCUT2D eigenvalue weighted by Gasteiger charge is 2.26. The number of rotatable bonds is 5. The van der Waals surface area contributed by atoms with Gasteiger partial charge in [0.2, 0.25) is 5.89 Å². The van der Waals surface area contributed by atoms with Gasteiger partial charge < -0.3 is 4.42 Å². The van der Waals surface area contributed by atoms with Gasteiger partial charge in [0.1, 0.15) is 0 Å². The Hall–Kier alpha value is -4.65. The molecule has 2 nitrogen and oxygen atoms in total. The molecule has 2 aromatic heterocycles. The van der Waals surface area contributed by atoms with E-state index in [9.17, 15) is 0 Å². The van der Waals surface area contributed by atoms with Crippen LogP contribution in [0.1, 0.15) is 17.5 Å². The zero-order chi connectivity index (χ0) is 25.3. The van der Waals surface area contributed by atoms with Crippen LogP contribution in [0.3, 0.4) is 0 Å². The van der Waals surface area contributed by atoms with Crippen molar-refractivity contribution in [3.63, 3.8) is 0 Å². The smallest absolute Gasteiger partial charge is 0.237 e. The third-order valence-electron chi connectivity index (χ3n) is 6.97. The number of oxazole rings is 1. The average molecular weight is 506 g/mol. The van der Waals surface area contributed by atoms with Crippen LogP contribution in [-0.4, -0.2) is 4.98 Å². The topological polar surface area (TPSA) is 26.0 Å². The van der Waals surface area contributed by atoms with Crippen molar-refractivity contribution in [2.45, 2.75) is 12.8 Å². The lowest BCUT2D eigenvalue weighted by molar-refractivity contribution is 0.590. The van der Waals surface area contributed by atoms with Crippen LogP contribution in [0.4, 0.5) is 0 Å². The molecule has 3 heteroatoms. The highest BCUT2D eigenvalue weighted by atomic mass is 32.1. The Morgan fingerprint density at radius 2 is 1.55 bits per heavy atom. The summed E-state index contributed by atoms with van der Waals surface area (Å²) in [6.07, 6.45) is 8.34. The van der Waals surface area contributed by atoms with Crippen molar-refractivity contribution in [2.24, 2.45) is 0 Å². The summed E-state index contributed by atoms with van der Waals surface area (Å²) in [4.78, 5) is 7.08. The molecule has 1 aliphatic carbocycles. The predicted octanol–water partition coefficient (Wildman–Crippen LogP) is 9.63. The lowest BCUT2D eigenvalue weighted by atomic mass is 9.87. The number of hydrogen-bond donors (Lipinski definition) is 0. The highest BCUT2D eigenvalue weighted by molar-refractivity contribution is 7.19. The first kappa shape index (κ1) is 22.5. The normalized spacial score (nSPS) is 12.2. The lowest BCUT2D eigenvalue weighted by Crippen LogP contribution is -1.95. The second-order valence-electron chi connectivity index (χ2n) is 9.29. The number of benzene rings is 3. The summed E-state index contributed by atoms with van der Waals surface area (Å²) in [7, 11) is 0. The molecule has 1 aliphatic rings. The van der Waals surface area contributed by atoms with E-state index in [1.54, 1.807) is 11.3 Å². The van der Waals surface area contributed by atoms with Crippen molar-refractivity contribution in [3.8, 4) is 54.8 Å². The Morgan fingerprint density at radius 1 is 0.763 bits per heavy atom. The average Bonchev–Trinajstić information content (AvgIpc) is 3.64. The second kappa shape index (κ2) is 9.67. The summed E-state index contributed by atoms with van der Waals surface area (Å²) >= 11 is 1.78. The van der Waals surface area contributed by atoms with Gasteiger partial charge in [-0.15, -0.1) is 11.3 Å². The summed E-state index contributed by atoms with van der Waals surface area (Å²) in [5, 5.41) is 0. The molecule has 2 heterocycles. The monoisotopic (exact) mass is 505 g/mol. The summed E-state index contributed by atoms with van der Waals surface area (Å²) in [6.45, 7) is 0. The molecule has 0 N–H and O–H groups in total. The molecule has 38 heavy (non-hydrogen) atoms. The van der Waals surface area contributed by atoms with Gasteiger partial charge >= 0.3 is 0 Å². The van der Waals surface area contributed by atoms with Crippen LogP contribution in [0, 0.1) is 12.1 Å². The Bertz CT molecular complexity index is 1690. The Balaban J connectivity index is 1.47. The van der Waals surface area contributed by atoms with Crippen LogP contribution >= 0.6 is 11.3 Å². The van der Waals surface area contributed by atoms with E-state index in [1.807, 2.05) is 36.5 Å². The molecule has 0 saturated carbocycles. The van der Waals surface area contributed by atoms with Gasteiger partial charge in [-0.25, -0.2) is 4.98 Å². The molecule has 6 aromatic rings. The van der Waals surface area contributed by atoms with Crippen molar-refractivity contribution in [1.82, 2.24) is 4.98 Å². The number of thiophene rings is 1. The summed E-state index contributed by atoms with van der Waals surface area (Å²) in [5.41, 5.74) is 9.44. The van der Waals surface area contributed by atoms with Crippen LogP contribution in [0.15, 0.2) is 114 Å². The molecule has 0 saturated heterocycles. The van der Waals surface area contributed by atoms with E-state index in [4.69, 9.17) is 9.40 Å². The first-order valence-electron chi connectivity index (χ1n) is 12.8. The zero-order valence-corrected chi connectivity index (χ0v) is 21.5. The molecule has 0 spiro atoms. The van der Waals surface area contributed by atoms with Crippen molar-refractivity contribution >= 4 is 17.4 Å². The number of fused-ring (bicyclic) bond motifs is 1. The van der Waals surface area contributed by atoms with Gasteiger partial charge in [0.15, 0.2) is 5.76 Å². The third kappa shape index (κ3) is 3.96. The molecule has 0 amide bonds. The molecule has 0 radical (unpaired) electrons. The molecule has 7 rings (SSSR count). The van der Waals surface area contributed by atoms with Gasteiger partial charge in [-0.2, -0.15) is 0 Å². The van der Waals surface area contributed by atoms with Gasteiger partial charge in [0.25, 0.3) is 0 Å². The number of nitrogens with zero attached hydrogens (tertiary/aromatic N) is 1. The van der Waals surface area contributed by atoms with Crippen molar-refractivity contribution in [3.05, 3.63) is 133 Å². The van der Waals surface area contributed by atoms with Gasteiger partial charge in [0, 0.05) is 27.1 Å². The van der Waals surface area contributed by atoms with Gasteiger partial charge in [-0.1, -0.05) is 109 Å². The maximum Gasteiger partial charge on any atom is 0.237 e. The van der Waals surface area contributed by atoms with E-state index >= 15 is 0 Å². The van der Waals surface area contributed by atoms with Crippen molar-refractivity contribution < 1.29 is 4.42 Å². The summed E-state index contributed by atoms with van der Waals surface area (Å²) < 4.78 is 6.36. The van der Waals surface area contributed by atoms with E-state index in [1.165, 1.54) is 32.7 Å². The molecule has 0 fully saturated rings. The maximum absolute atomic E-state index is 6.36. The predicted molar refractivity (Wildman–Crippen MR) is 157 cm³/mol. The standard InChI is InChI=1S/C35H23NOS/c1-4-13-24(14-5-1)27-21-12-22-28(25-15-6-2-7-16-25)32(27)33-29-19-10-11-20-30(29)34(38-33)35-36-23-31(37-35)26-17-8-3-9-18-26/h1-6,8-9,11-15,17-18,20-23H,10,19H2.